The fraction of sp³-hybridized carbons (Fsp3) is 0.0476. The van der Waals surface area contributed by atoms with Gasteiger partial charge < -0.3 is 9.30 Å². The normalized spacial score (nSPS) is 10.8. The van der Waals surface area contributed by atoms with Gasteiger partial charge >= 0.3 is 0 Å². The molecule has 2 nitrogen and oxygen atoms in total. The first kappa shape index (κ1) is 13.6. The average molecular weight is 299 g/mol. The molecule has 0 amide bonds. The monoisotopic (exact) mass is 299 g/mol. The molecule has 0 bridgehead atoms. The standard InChI is InChI=1S/C21H17NO/c1-23-21-14-8-7-13-19(21)22-18-12-6-5-11-17(18)15-20(22)16-9-3-2-4-10-16/h2-15H,1H3. The molecule has 0 atom stereocenters. The second kappa shape index (κ2) is 5.65. The lowest BCUT2D eigenvalue weighted by Crippen LogP contribution is -1.99. The molecule has 0 saturated carbocycles. The molecule has 0 saturated heterocycles. The number of hydrogen-bond donors (Lipinski definition) is 0. The summed E-state index contributed by atoms with van der Waals surface area (Å²) in [6, 6.07) is 29.3. The zero-order valence-electron chi connectivity index (χ0n) is 12.9. The quantitative estimate of drug-likeness (QED) is 0.500. The van der Waals surface area contributed by atoms with Crippen molar-refractivity contribution in [3.8, 4) is 22.7 Å². The van der Waals surface area contributed by atoms with Crippen molar-refractivity contribution in [2.24, 2.45) is 0 Å². The minimum Gasteiger partial charge on any atom is -0.495 e. The highest BCUT2D eigenvalue weighted by Crippen LogP contribution is 2.34. The van der Waals surface area contributed by atoms with E-state index in [1.807, 2.05) is 24.3 Å². The minimum absolute atomic E-state index is 0.867. The average Bonchev–Trinajstić information content (AvgIpc) is 3.02. The van der Waals surface area contributed by atoms with Gasteiger partial charge in [0.1, 0.15) is 5.75 Å². The third-order valence-corrected chi connectivity index (χ3v) is 4.11. The van der Waals surface area contributed by atoms with Gasteiger partial charge in [0.25, 0.3) is 0 Å². The highest BCUT2D eigenvalue weighted by atomic mass is 16.5. The Hall–Kier alpha value is -3.00. The van der Waals surface area contributed by atoms with Gasteiger partial charge in [0, 0.05) is 5.39 Å². The van der Waals surface area contributed by atoms with Crippen molar-refractivity contribution in [3.05, 3.63) is 84.9 Å². The second-order valence-electron chi connectivity index (χ2n) is 5.46. The van der Waals surface area contributed by atoms with Crippen molar-refractivity contribution in [1.29, 1.82) is 0 Å². The van der Waals surface area contributed by atoms with E-state index in [1.165, 1.54) is 16.5 Å². The van der Waals surface area contributed by atoms with Gasteiger partial charge in [0.05, 0.1) is 24.0 Å². The van der Waals surface area contributed by atoms with E-state index in [2.05, 4.69) is 65.2 Å². The van der Waals surface area contributed by atoms with E-state index in [1.54, 1.807) is 7.11 Å². The Bertz CT molecular complexity index is 954. The van der Waals surface area contributed by atoms with Gasteiger partial charge in [-0.15, -0.1) is 0 Å². The Kier molecular flexibility index (Phi) is 3.35. The lowest BCUT2D eigenvalue weighted by molar-refractivity contribution is 0.413. The van der Waals surface area contributed by atoms with Crippen LogP contribution in [0.2, 0.25) is 0 Å². The molecule has 0 aliphatic carbocycles. The third kappa shape index (κ3) is 2.29. The number of aromatic nitrogens is 1. The lowest BCUT2D eigenvalue weighted by Gasteiger charge is -2.14. The molecule has 0 radical (unpaired) electrons. The number of nitrogens with zero attached hydrogens (tertiary/aromatic N) is 1. The van der Waals surface area contributed by atoms with E-state index in [0.717, 1.165) is 17.1 Å². The highest BCUT2D eigenvalue weighted by Gasteiger charge is 2.14. The first-order chi connectivity index (χ1) is 11.4. The topological polar surface area (TPSA) is 14.2 Å². The predicted octanol–water partition coefficient (Wildman–Crippen LogP) is 5.31. The number of benzene rings is 3. The third-order valence-electron chi connectivity index (χ3n) is 4.11. The Morgan fingerprint density at radius 3 is 2.26 bits per heavy atom. The molecular formula is C21H17NO. The van der Waals surface area contributed by atoms with E-state index in [9.17, 15) is 0 Å². The Balaban J connectivity index is 2.08. The maximum Gasteiger partial charge on any atom is 0.142 e. The van der Waals surface area contributed by atoms with Crippen LogP contribution in [0.5, 0.6) is 5.75 Å². The van der Waals surface area contributed by atoms with Crippen molar-refractivity contribution in [2.45, 2.75) is 0 Å². The molecule has 1 heterocycles. The fourth-order valence-electron chi connectivity index (χ4n) is 3.05. The lowest BCUT2D eigenvalue weighted by atomic mass is 10.1. The second-order valence-corrected chi connectivity index (χ2v) is 5.46. The van der Waals surface area contributed by atoms with Crippen molar-refractivity contribution in [1.82, 2.24) is 4.57 Å². The molecule has 1 aromatic heterocycles. The number of hydrogen-bond acceptors (Lipinski definition) is 1. The molecule has 0 spiro atoms. The van der Waals surface area contributed by atoms with Crippen LogP contribution < -0.4 is 4.74 Å². The first-order valence-corrected chi connectivity index (χ1v) is 7.68. The largest absolute Gasteiger partial charge is 0.495 e. The summed E-state index contributed by atoms with van der Waals surface area (Å²) in [7, 11) is 1.71. The van der Waals surface area contributed by atoms with Gasteiger partial charge in [-0.05, 0) is 29.8 Å². The summed E-state index contributed by atoms with van der Waals surface area (Å²) < 4.78 is 7.86. The van der Waals surface area contributed by atoms with Crippen LogP contribution in [0.15, 0.2) is 84.9 Å². The Morgan fingerprint density at radius 2 is 1.43 bits per heavy atom. The molecule has 0 aliphatic heterocycles. The summed E-state index contributed by atoms with van der Waals surface area (Å²) in [6.45, 7) is 0. The Morgan fingerprint density at radius 1 is 0.739 bits per heavy atom. The summed E-state index contributed by atoms with van der Waals surface area (Å²) in [4.78, 5) is 0. The molecule has 0 N–H and O–H groups in total. The summed E-state index contributed by atoms with van der Waals surface area (Å²) in [5, 5.41) is 1.22. The summed E-state index contributed by atoms with van der Waals surface area (Å²) in [5.41, 5.74) is 4.58. The van der Waals surface area contributed by atoms with Gasteiger partial charge in [0.15, 0.2) is 0 Å². The fourth-order valence-corrected chi connectivity index (χ4v) is 3.05. The molecule has 0 fully saturated rings. The van der Waals surface area contributed by atoms with Crippen LogP contribution >= 0.6 is 0 Å². The van der Waals surface area contributed by atoms with Gasteiger partial charge in [-0.3, -0.25) is 0 Å². The van der Waals surface area contributed by atoms with E-state index in [4.69, 9.17) is 4.74 Å². The molecular weight excluding hydrogens is 282 g/mol. The van der Waals surface area contributed by atoms with Gasteiger partial charge in [-0.2, -0.15) is 0 Å². The summed E-state index contributed by atoms with van der Waals surface area (Å²) in [5.74, 6) is 0.867. The van der Waals surface area contributed by atoms with Gasteiger partial charge in [-0.1, -0.05) is 60.7 Å². The van der Waals surface area contributed by atoms with Crippen LogP contribution in [-0.4, -0.2) is 11.7 Å². The maximum absolute atomic E-state index is 5.59. The molecule has 4 rings (SSSR count). The number of para-hydroxylation sites is 3. The van der Waals surface area contributed by atoms with E-state index >= 15 is 0 Å². The molecule has 23 heavy (non-hydrogen) atoms. The smallest absolute Gasteiger partial charge is 0.142 e. The number of rotatable bonds is 3. The van der Waals surface area contributed by atoms with Crippen molar-refractivity contribution in [3.63, 3.8) is 0 Å². The van der Waals surface area contributed by atoms with E-state index < -0.39 is 0 Å². The van der Waals surface area contributed by atoms with Crippen LogP contribution in [-0.2, 0) is 0 Å². The number of methoxy groups -OCH3 is 1. The van der Waals surface area contributed by atoms with Crippen molar-refractivity contribution >= 4 is 10.9 Å². The molecule has 3 aromatic carbocycles. The molecule has 0 aliphatic rings. The van der Waals surface area contributed by atoms with Gasteiger partial charge in [-0.25, -0.2) is 0 Å². The van der Waals surface area contributed by atoms with E-state index in [-0.39, 0.29) is 0 Å². The predicted molar refractivity (Wildman–Crippen MR) is 95.3 cm³/mol. The number of fused-ring (bicyclic) bond motifs is 1. The first-order valence-electron chi connectivity index (χ1n) is 7.68. The minimum atomic E-state index is 0.867. The number of ether oxygens (including phenoxy) is 1. The zero-order valence-corrected chi connectivity index (χ0v) is 12.9. The van der Waals surface area contributed by atoms with Crippen LogP contribution in [0, 0.1) is 0 Å². The van der Waals surface area contributed by atoms with Crippen LogP contribution in [0.4, 0.5) is 0 Å². The molecule has 112 valence electrons. The summed E-state index contributed by atoms with van der Waals surface area (Å²) in [6.07, 6.45) is 0. The molecule has 0 unspecified atom stereocenters. The maximum atomic E-state index is 5.59. The van der Waals surface area contributed by atoms with Crippen molar-refractivity contribution in [2.75, 3.05) is 7.11 Å². The highest BCUT2D eigenvalue weighted by molar-refractivity contribution is 5.89. The van der Waals surface area contributed by atoms with Gasteiger partial charge in [0.2, 0.25) is 0 Å². The van der Waals surface area contributed by atoms with Crippen LogP contribution in [0.25, 0.3) is 27.8 Å². The van der Waals surface area contributed by atoms with Crippen LogP contribution in [0.3, 0.4) is 0 Å². The SMILES string of the molecule is COc1ccccc1-n1c(-c2ccccc2)cc2ccccc21. The Labute approximate surface area is 135 Å². The zero-order chi connectivity index (χ0) is 15.6. The molecule has 2 heteroatoms. The summed E-state index contributed by atoms with van der Waals surface area (Å²) >= 11 is 0. The molecule has 4 aromatic rings. The van der Waals surface area contributed by atoms with E-state index in [0.29, 0.717) is 0 Å². The van der Waals surface area contributed by atoms with Crippen LogP contribution in [0.1, 0.15) is 0 Å². The van der Waals surface area contributed by atoms with Crippen molar-refractivity contribution < 1.29 is 4.74 Å².